The molecular weight excluding hydrogens is 572 g/mol. The molecule has 46 heavy (non-hydrogen) atoms. The van der Waals surface area contributed by atoms with Gasteiger partial charge >= 0.3 is 0 Å². The molecule has 0 saturated heterocycles. The molecule has 3 atom stereocenters. The quantitative estimate of drug-likeness (QED) is 0.0342. The van der Waals surface area contributed by atoms with Crippen molar-refractivity contribution in [2.24, 2.45) is 0 Å². The van der Waals surface area contributed by atoms with Crippen LogP contribution in [0.15, 0.2) is 24.3 Å². The Labute approximate surface area is 286 Å². The molecule has 5 N–H and O–H groups in total. The molecule has 0 heterocycles. The van der Waals surface area contributed by atoms with Gasteiger partial charge in [-0.2, -0.15) is 0 Å². The Bertz CT molecular complexity index is 624. The predicted octanol–water partition coefficient (Wildman–Crippen LogP) is 10.6. The van der Waals surface area contributed by atoms with Gasteiger partial charge in [0.1, 0.15) is 17.3 Å². The minimum absolute atomic E-state index is 0.210. The Morgan fingerprint density at radius 2 is 0.630 bits per heavy atom. The molecule has 0 aromatic heterocycles. The van der Waals surface area contributed by atoms with Crippen molar-refractivity contribution in [1.82, 2.24) is 0 Å². The van der Waals surface area contributed by atoms with E-state index in [0.717, 1.165) is 51.4 Å². The molecule has 0 aliphatic carbocycles. The molecule has 0 fully saturated rings. The molecule has 0 bridgehead atoms. The van der Waals surface area contributed by atoms with Gasteiger partial charge in [0.05, 0.1) is 13.2 Å². The minimum Gasteiger partial charge on any atom is -0.393 e. The molecule has 5 nitrogen and oxygen atoms in total. The third-order valence-corrected chi connectivity index (χ3v) is 9.81. The number of aliphatic hydroxyl groups is 5. The van der Waals surface area contributed by atoms with E-state index in [4.69, 9.17) is 0 Å². The van der Waals surface area contributed by atoms with E-state index in [1.165, 1.54) is 116 Å². The zero-order valence-corrected chi connectivity index (χ0v) is 30.8. The maximum atomic E-state index is 11.0. The third-order valence-electron chi connectivity index (χ3n) is 9.81. The van der Waals surface area contributed by atoms with Gasteiger partial charge in [-0.15, -0.1) is 0 Å². The second-order valence-electron chi connectivity index (χ2n) is 14.3. The van der Waals surface area contributed by atoms with Crippen molar-refractivity contribution in [2.75, 3.05) is 13.2 Å². The van der Waals surface area contributed by atoms with E-state index in [0.29, 0.717) is 12.8 Å². The fourth-order valence-electron chi connectivity index (χ4n) is 6.46. The highest BCUT2D eigenvalue weighted by molar-refractivity contribution is 4.99. The molecule has 0 spiro atoms. The van der Waals surface area contributed by atoms with E-state index in [1.54, 1.807) is 0 Å². The van der Waals surface area contributed by atoms with Crippen LogP contribution in [0.5, 0.6) is 0 Å². The number of aliphatic hydroxyl groups excluding tert-OH is 3. The third kappa shape index (κ3) is 25.3. The van der Waals surface area contributed by atoms with E-state index < -0.39 is 30.5 Å². The Kier molecular flexibility index (Phi) is 32.3. The van der Waals surface area contributed by atoms with Crippen LogP contribution in [0.3, 0.4) is 0 Å². The lowest BCUT2D eigenvalue weighted by molar-refractivity contribution is -0.204. The molecule has 0 aliphatic heterocycles. The van der Waals surface area contributed by atoms with Gasteiger partial charge in [-0.05, 0) is 64.2 Å². The van der Waals surface area contributed by atoms with Gasteiger partial charge in [-0.1, -0.05) is 167 Å². The average molecular weight is 653 g/mol. The number of allylic oxidation sites excluding steroid dienone is 4. The lowest BCUT2D eigenvalue weighted by Crippen LogP contribution is -2.60. The summed E-state index contributed by atoms with van der Waals surface area (Å²) < 4.78 is 0. The van der Waals surface area contributed by atoms with E-state index in [-0.39, 0.29) is 12.8 Å². The van der Waals surface area contributed by atoms with Crippen LogP contribution in [0.4, 0.5) is 0 Å². The van der Waals surface area contributed by atoms with Crippen LogP contribution in [0.2, 0.25) is 0 Å². The fourth-order valence-corrected chi connectivity index (χ4v) is 6.46. The van der Waals surface area contributed by atoms with Gasteiger partial charge in [0.2, 0.25) is 0 Å². The summed E-state index contributed by atoms with van der Waals surface area (Å²) >= 11 is 0. The van der Waals surface area contributed by atoms with Crippen LogP contribution >= 0.6 is 0 Å². The molecule has 1 unspecified atom stereocenters. The predicted molar refractivity (Wildman–Crippen MR) is 198 cm³/mol. The highest BCUT2D eigenvalue weighted by Crippen LogP contribution is 2.31. The van der Waals surface area contributed by atoms with E-state index in [1.807, 2.05) is 0 Å². The number of unbranched alkanes of at least 4 members (excludes halogenated alkanes) is 24. The Morgan fingerprint density at radius 3 is 0.891 bits per heavy atom. The summed E-state index contributed by atoms with van der Waals surface area (Å²) in [5.74, 6) is 0. The van der Waals surface area contributed by atoms with Gasteiger partial charge in [-0.3, -0.25) is 0 Å². The minimum atomic E-state index is -1.80. The summed E-state index contributed by atoms with van der Waals surface area (Å²) in [6.45, 7) is 3.25. The first kappa shape index (κ1) is 45.3. The van der Waals surface area contributed by atoms with E-state index in [2.05, 4.69) is 38.2 Å². The Morgan fingerprint density at radius 1 is 0.391 bits per heavy atom. The molecule has 0 saturated carbocycles. The summed E-state index contributed by atoms with van der Waals surface area (Å²) in [5.41, 5.74) is -3.61. The van der Waals surface area contributed by atoms with Crippen LogP contribution in [0.25, 0.3) is 0 Å². The molecule has 274 valence electrons. The van der Waals surface area contributed by atoms with Crippen molar-refractivity contribution in [3.05, 3.63) is 24.3 Å². The van der Waals surface area contributed by atoms with Crippen LogP contribution < -0.4 is 0 Å². The summed E-state index contributed by atoms with van der Waals surface area (Å²) in [6, 6.07) is 0. The highest BCUT2D eigenvalue weighted by atomic mass is 16.4. The molecule has 5 heteroatoms. The van der Waals surface area contributed by atoms with Crippen molar-refractivity contribution in [3.8, 4) is 0 Å². The molecule has 0 rings (SSSR count). The lowest BCUT2D eigenvalue weighted by Gasteiger charge is -2.41. The highest BCUT2D eigenvalue weighted by Gasteiger charge is 2.47. The average Bonchev–Trinajstić information content (AvgIpc) is 3.07. The smallest absolute Gasteiger partial charge is 0.116 e. The second-order valence-corrected chi connectivity index (χ2v) is 14.3. The van der Waals surface area contributed by atoms with Crippen molar-refractivity contribution in [1.29, 1.82) is 0 Å². The summed E-state index contributed by atoms with van der Waals surface area (Å²) in [4.78, 5) is 0. The first-order chi connectivity index (χ1) is 22.4. The fraction of sp³-hybridized carbons (Fsp3) is 0.902. The summed E-state index contributed by atoms with van der Waals surface area (Å²) in [5, 5.41) is 52.8. The van der Waals surface area contributed by atoms with Gasteiger partial charge in [0.15, 0.2) is 0 Å². The van der Waals surface area contributed by atoms with Gasteiger partial charge in [-0.25, -0.2) is 0 Å². The van der Waals surface area contributed by atoms with Crippen molar-refractivity contribution in [2.45, 2.75) is 224 Å². The molecule has 0 aliphatic rings. The van der Waals surface area contributed by atoms with Crippen molar-refractivity contribution in [3.63, 3.8) is 0 Å². The van der Waals surface area contributed by atoms with Crippen LogP contribution in [-0.4, -0.2) is 56.1 Å². The molecular formula is C41H80O5. The Hall–Kier alpha value is -0.720. The first-order valence-electron chi connectivity index (χ1n) is 20.0. The number of rotatable bonds is 36. The zero-order chi connectivity index (χ0) is 34.0. The van der Waals surface area contributed by atoms with Crippen molar-refractivity contribution < 1.29 is 25.5 Å². The Balaban J connectivity index is 3.98. The topological polar surface area (TPSA) is 101 Å². The molecule has 0 aromatic rings. The second kappa shape index (κ2) is 32.8. The lowest BCUT2D eigenvalue weighted by atomic mass is 9.78. The molecule has 0 aromatic carbocycles. The van der Waals surface area contributed by atoms with Crippen LogP contribution in [0.1, 0.15) is 206 Å². The van der Waals surface area contributed by atoms with Crippen LogP contribution in [-0.2, 0) is 0 Å². The van der Waals surface area contributed by atoms with Gasteiger partial charge < -0.3 is 25.5 Å². The molecule has 0 radical (unpaired) electrons. The monoisotopic (exact) mass is 653 g/mol. The van der Waals surface area contributed by atoms with E-state index in [9.17, 15) is 25.5 Å². The largest absolute Gasteiger partial charge is 0.393 e. The maximum absolute atomic E-state index is 11.0. The first-order valence-corrected chi connectivity index (χ1v) is 20.0. The summed E-state index contributed by atoms with van der Waals surface area (Å²) in [7, 11) is 0. The van der Waals surface area contributed by atoms with Gasteiger partial charge in [0, 0.05) is 0 Å². The van der Waals surface area contributed by atoms with Crippen molar-refractivity contribution >= 4 is 0 Å². The normalized spacial score (nSPS) is 15.5. The summed E-state index contributed by atoms with van der Waals surface area (Å²) in [6.07, 6.45) is 41.4. The van der Waals surface area contributed by atoms with Gasteiger partial charge in [0.25, 0.3) is 0 Å². The maximum Gasteiger partial charge on any atom is 0.116 e. The number of hydrogen-bond acceptors (Lipinski definition) is 5. The molecule has 0 amide bonds. The number of hydrogen-bond donors (Lipinski definition) is 5. The zero-order valence-electron chi connectivity index (χ0n) is 30.8. The SMILES string of the molecule is CCCCCCCC/C=C\CCCCCCCC[C@](O)(CO)C(O)[C@](O)(CO)CCCCCCCC/C=C\CCCCCCCC. The van der Waals surface area contributed by atoms with Crippen LogP contribution in [0, 0.1) is 0 Å². The standard InChI is InChI=1S/C41H80O5/c1-3-5-7-9-11-13-15-17-19-21-23-25-27-29-31-33-35-40(45,37-42)39(44)41(46,38-43)36-34-32-30-28-26-24-22-20-18-16-14-12-10-8-6-4-2/h17-20,39,42-46H,3-16,21-38H2,1-2H3/b19-17-,20-18-/t39?,40-,41+. The van der Waals surface area contributed by atoms with E-state index >= 15 is 0 Å².